The van der Waals surface area contributed by atoms with E-state index in [9.17, 15) is 4.79 Å². The summed E-state index contributed by atoms with van der Waals surface area (Å²) in [4.78, 5) is 14.4. The van der Waals surface area contributed by atoms with Crippen molar-refractivity contribution in [3.63, 3.8) is 0 Å². The lowest BCUT2D eigenvalue weighted by Gasteiger charge is -2.29. The zero-order chi connectivity index (χ0) is 18.4. The van der Waals surface area contributed by atoms with E-state index < -0.39 is 0 Å². The van der Waals surface area contributed by atoms with Gasteiger partial charge in [-0.05, 0) is 61.1 Å². The van der Waals surface area contributed by atoms with Gasteiger partial charge in [0.05, 0.1) is 6.61 Å². The second-order valence-corrected chi connectivity index (χ2v) is 7.07. The molecule has 0 fully saturated rings. The summed E-state index contributed by atoms with van der Waals surface area (Å²) in [6.45, 7) is 5.87. The molecule has 0 atom stereocenters. The van der Waals surface area contributed by atoms with Crippen molar-refractivity contribution in [1.29, 1.82) is 0 Å². The Labute approximate surface area is 155 Å². The first-order valence-corrected chi connectivity index (χ1v) is 9.37. The van der Waals surface area contributed by atoms with Crippen molar-refractivity contribution in [2.24, 2.45) is 5.92 Å². The van der Waals surface area contributed by atoms with Crippen LogP contribution in [-0.2, 0) is 11.2 Å². The molecule has 1 heterocycles. The molecular formula is C22H27NO3. The van der Waals surface area contributed by atoms with E-state index in [1.807, 2.05) is 47.4 Å². The Balaban J connectivity index is 1.52. The van der Waals surface area contributed by atoms with Crippen LogP contribution in [0.25, 0.3) is 0 Å². The van der Waals surface area contributed by atoms with Gasteiger partial charge in [0, 0.05) is 12.2 Å². The Kier molecular flexibility index (Phi) is 6.16. The van der Waals surface area contributed by atoms with Gasteiger partial charge in [-0.15, -0.1) is 0 Å². The summed E-state index contributed by atoms with van der Waals surface area (Å²) in [6, 6.07) is 15.6. The first-order chi connectivity index (χ1) is 12.6. The summed E-state index contributed by atoms with van der Waals surface area (Å²) in [7, 11) is 0. The van der Waals surface area contributed by atoms with Gasteiger partial charge in [0.15, 0.2) is 6.61 Å². The summed E-state index contributed by atoms with van der Waals surface area (Å²) >= 11 is 0. The molecule has 2 aromatic carbocycles. The van der Waals surface area contributed by atoms with Crippen LogP contribution in [0.5, 0.6) is 11.5 Å². The molecule has 3 rings (SSSR count). The van der Waals surface area contributed by atoms with E-state index in [2.05, 4.69) is 19.9 Å². The van der Waals surface area contributed by atoms with Crippen LogP contribution in [0.1, 0.15) is 32.3 Å². The topological polar surface area (TPSA) is 38.8 Å². The molecule has 4 heteroatoms. The molecule has 0 saturated carbocycles. The predicted octanol–water partition coefficient (Wildman–Crippen LogP) is 4.47. The number of anilines is 1. The Morgan fingerprint density at radius 1 is 1.04 bits per heavy atom. The van der Waals surface area contributed by atoms with Crippen molar-refractivity contribution in [1.82, 2.24) is 0 Å². The lowest BCUT2D eigenvalue weighted by molar-refractivity contribution is -0.120. The second kappa shape index (κ2) is 8.75. The molecule has 4 nitrogen and oxygen atoms in total. The van der Waals surface area contributed by atoms with Crippen LogP contribution in [0.15, 0.2) is 48.5 Å². The second-order valence-electron chi connectivity index (χ2n) is 7.07. The maximum absolute atomic E-state index is 12.6. The lowest BCUT2D eigenvalue weighted by atomic mass is 10.0. The monoisotopic (exact) mass is 353 g/mol. The third kappa shape index (κ3) is 4.78. The molecule has 0 N–H and O–H groups in total. The van der Waals surface area contributed by atoms with Crippen LogP contribution < -0.4 is 14.4 Å². The summed E-state index contributed by atoms with van der Waals surface area (Å²) in [5.74, 6) is 2.13. The zero-order valence-corrected chi connectivity index (χ0v) is 15.6. The van der Waals surface area contributed by atoms with E-state index >= 15 is 0 Å². The smallest absolute Gasteiger partial charge is 0.264 e. The molecule has 0 unspecified atom stereocenters. The number of para-hydroxylation sites is 1. The van der Waals surface area contributed by atoms with Gasteiger partial charge < -0.3 is 14.4 Å². The predicted molar refractivity (Wildman–Crippen MR) is 104 cm³/mol. The SMILES string of the molecule is CC(C)CCOc1ccc(OCC(=O)N2CCCc3ccccc32)cc1. The summed E-state index contributed by atoms with van der Waals surface area (Å²) < 4.78 is 11.4. The Morgan fingerprint density at radius 3 is 2.46 bits per heavy atom. The number of ether oxygens (including phenoxy) is 2. The highest BCUT2D eigenvalue weighted by molar-refractivity contribution is 5.95. The van der Waals surface area contributed by atoms with Crippen LogP contribution in [0.2, 0.25) is 0 Å². The third-order valence-corrected chi connectivity index (χ3v) is 4.56. The molecule has 0 spiro atoms. The van der Waals surface area contributed by atoms with Crippen LogP contribution in [-0.4, -0.2) is 25.7 Å². The van der Waals surface area contributed by atoms with Crippen LogP contribution in [0.3, 0.4) is 0 Å². The van der Waals surface area contributed by atoms with E-state index in [0.717, 1.165) is 37.2 Å². The minimum Gasteiger partial charge on any atom is -0.494 e. The fourth-order valence-corrected chi connectivity index (χ4v) is 3.06. The number of benzene rings is 2. The molecule has 26 heavy (non-hydrogen) atoms. The summed E-state index contributed by atoms with van der Waals surface area (Å²) in [5.41, 5.74) is 2.25. The molecular weight excluding hydrogens is 326 g/mol. The van der Waals surface area contributed by atoms with Gasteiger partial charge in [-0.3, -0.25) is 4.79 Å². The zero-order valence-electron chi connectivity index (χ0n) is 15.6. The van der Waals surface area contributed by atoms with E-state index in [1.54, 1.807) is 0 Å². The molecule has 0 bridgehead atoms. The number of amides is 1. The first-order valence-electron chi connectivity index (χ1n) is 9.37. The standard InChI is InChI=1S/C22H27NO3/c1-17(2)13-15-25-19-9-11-20(12-10-19)26-16-22(24)23-14-5-7-18-6-3-4-8-21(18)23/h3-4,6,8-12,17H,5,7,13-16H2,1-2H3. The van der Waals surface area contributed by atoms with Crippen molar-refractivity contribution in [2.45, 2.75) is 33.1 Å². The number of hydrogen-bond acceptors (Lipinski definition) is 3. The van der Waals surface area contributed by atoms with Crippen molar-refractivity contribution >= 4 is 11.6 Å². The number of carbonyl (C=O) groups is 1. The van der Waals surface area contributed by atoms with Crippen molar-refractivity contribution in [3.8, 4) is 11.5 Å². The fourth-order valence-electron chi connectivity index (χ4n) is 3.06. The van der Waals surface area contributed by atoms with Crippen molar-refractivity contribution < 1.29 is 14.3 Å². The minimum absolute atomic E-state index is 0.00518. The maximum Gasteiger partial charge on any atom is 0.264 e. The highest BCUT2D eigenvalue weighted by atomic mass is 16.5. The van der Waals surface area contributed by atoms with E-state index in [4.69, 9.17) is 9.47 Å². The van der Waals surface area contributed by atoms with Gasteiger partial charge in [-0.2, -0.15) is 0 Å². The molecule has 1 aliphatic rings. The van der Waals surface area contributed by atoms with E-state index in [-0.39, 0.29) is 12.5 Å². The van der Waals surface area contributed by atoms with E-state index in [0.29, 0.717) is 18.3 Å². The number of carbonyl (C=O) groups excluding carboxylic acids is 1. The van der Waals surface area contributed by atoms with Gasteiger partial charge in [0.2, 0.25) is 0 Å². The summed E-state index contributed by atoms with van der Waals surface area (Å²) in [6.07, 6.45) is 3.05. The molecule has 0 radical (unpaired) electrons. The van der Waals surface area contributed by atoms with Crippen molar-refractivity contribution in [2.75, 3.05) is 24.7 Å². The molecule has 1 aliphatic heterocycles. The number of nitrogens with zero attached hydrogens (tertiary/aromatic N) is 1. The number of hydrogen-bond donors (Lipinski definition) is 0. The van der Waals surface area contributed by atoms with E-state index in [1.165, 1.54) is 5.56 Å². The largest absolute Gasteiger partial charge is 0.494 e. The number of fused-ring (bicyclic) bond motifs is 1. The number of aryl methyl sites for hydroxylation is 1. The highest BCUT2D eigenvalue weighted by Gasteiger charge is 2.22. The first kappa shape index (κ1) is 18.3. The number of rotatable bonds is 7. The molecule has 0 aromatic heterocycles. The molecule has 2 aromatic rings. The fraction of sp³-hybridized carbons (Fsp3) is 0.409. The van der Waals surface area contributed by atoms with Crippen LogP contribution >= 0.6 is 0 Å². The maximum atomic E-state index is 12.6. The summed E-state index contributed by atoms with van der Waals surface area (Å²) in [5, 5.41) is 0. The Hall–Kier alpha value is -2.49. The van der Waals surface area contributed by atoms with Gasteiger partial charge >= 0.3 is 0 Å². The van der Waals surface area contributed by atoms with Gasteiger partial charge in [-0.1, -0.05) is 32.0 Å². The average molecular weight is 353 g/mol. The molecule has 0 aliphatic carbocycles. The average Bonchev–Trinajstić information content (AvgIpc) is 2.66. The Bertz CT molecular complexity index is 724. The van der Waals surface area contributed by atoms with Crippen LogP contribution in [0.4, 0.5) is 5.69 Å². The van der Waals surface area contributed by atoms with Gasteiger partial charge in [-0.25, -0.2) is 0 Å². The quantitative estimate of drug-likeness (QED) is 0.737. The normalized spacial score (nSPS) is 13.4. The molecule has 1 amide bonds. The van der Waals surface area contributed by atoms with Gasteiger partial charge in [0.25, 0.3) is 5.91 Å². The Morgan fingerprint density at radius 2 is 1.73 bits per heavy atom. The van der Waals surface area contributed by atoms with Crippen LogP contribution in [0, 0.1) is 5.92 Å². The minimum atomic E-state index is -0.00518. The lowest BCUT2D eigenvalue weighted by Crippen LogP contribution is -2.38. The highest BCUT2D eigenvalue weighted by Crippen LogP contribution is 2.27. The van der Waals surface area contributed by atoms with Gasteiger partial charge in [0.1, 0.15) is 11.5 Å². The molecule has 0 saturated heterocycles. The van der Waals surface area contributed by atoms with Crippen molar-refractivity contribution in [3.05, 3.63) is 54.1 Å². The molecule has 138 valence electrons. The third-order valence-electron chi connectivity index (χ3n) is 4.56.